The maximum absolute atomic E-state index is 7.57. The van der Waals surface area contributed by atoms with Crippen molar-refractivity contribution < 1.29 is 9.15 Å². The van der Waals surface area contributed by atoms with E-state index < -0.39 is 0 Å². The summed E-state index contributed by atoms with van der Waals surface area (Å²) in [7, 11) is 0. The molecule has 0 saturated heterocycles. The maximum Gasteiger partial charge on any atom is 0.200 e. The topological polar surface area (TPSA) is 59.1 Å². The van der Waals surface area contributed by atoms with Crippen LogP contribution >= 0.6 is 0 Å². The summed E-state index contributed by atoms with van der Waals surface area (Å²) in [4.78, 5) is 4.52. The van der Waals surface area contributed by atoms with E-state index >= 15 is 0 Å². The summed E-state index contributed by atoms with van der Waals surface area (Å²) in [5, 5.41) is 7.57. The Kier molecular flexibility index (Phi) is 4.16. The SMILES string of the molecule is CC(=N)c1ccc(OCc2nc(C(C)(C)C)oc2C)cc1. The molecular formula is C17H22N2O2. The van der Waals surface area contributed by atoms with E-state index in [1.165, 1.54) is 0 Å². The van der Waals surface area contributed by atoms with Gasteiger partial charge in [-0.15, -0.1) is 0 Å². The molecule has 1 heterocycles. The first-order chi connectivity index (χ1) is 9.77. The van der Waals surface area contributed by atoms with Crippen molar-refractivity contribution in [3.05, 3.63) is 47.2 Å². The highest BCUT2D eigenvalue weighted by Gasteiger charge is 2.22. The molecule has 0 aliphatic heterocycles. The van der Waals surface area contributed by atoms with Crippen LogP contribution in [0, 0.1) is 12.3 Å². The van der Waals surface area contributed by atoms with Crippen molar-refractivity contribution in [1.29, 1.82) is 5.41 Å². The minimum atomic E-state index is -0.105. The van der Waals surface area contributed by atoms with E-state index in [1.54, 1.807) is 6.92 Å². The molecular weight excluding hydrogens is 264 g/mol. The van der Waals surface area contributed by atoms with Gasteiger partial charge in [-0.3, -0.25) is 0 Å². The summed E-state index contributed by atoms with van der Waals surface area (Å²) in [6.07, 6.45) is 0. The molecule has 1 aromatic carbocycles. The molecule has 1 N–H and O–H groups in total. The fourth-order valence-corrected chi connectivity index (χ4v) is 1.84. The molecule has 0 aliphatic carbocycles. The van der Waals surface area contributed by atoms with Crippen molar-refractivity contribution in [3.8, 4) is 5.75 Å². The van der Waals surface area contributed by atoms with E-state index in [0.717, 1.165) is 28.7 Å². The van der Waals surface area contributed by atoms with Crippen LogP contribution in [-0.2, 0) is 12.0 Å². The molecule has 0 atom stereocenters. The van der Waals surface area contributed by atoms with Gasteiger partial charge in [0, 0.05) is 11.1 Å². The average Bonchev–Trinajstić information content (AvgIpc) is 2.78. The van der Waals surface area contributed by atoms with Crippen molar-refractivity contribution in [2.24, 2.45) is 0 Å². The summed E-state index contributed by atoms with van der Waals surface area (Å²) in [6.45, 7) is 10.3. The summed E-state index contributed by atoms with van der Waals surface area (Å²) in [5.74, 6) is 2.29. The Labute approximate surface area is 125 Å². The maximum atomic E-state index is 7.57. The first-order valence-corrected chi connectivity index (χ1v) is 7.02. The summed E-state index contributed by atoms with van der Waals surface area (Å²) < 4.78 is 11.4. The monoisotopic (exact) mass is 286 g/mol. The molecule has 4 nitrogen and oxygen atoms in total. The molecule has 1 aromatic heterocycles. The molecule has 0 radical (unpaired) electrons. The number of hydrogen-bond acceptors (Lipinski definition) is 4. The number of benzene rings is 1. The van der Waals surface area contributed by atoms with Gasteiger partial charge in [0.05, 0.1) is 0 Å². The highest BCUT2D eigenvalue weighted by molar-refractivity contribution is 5.96. The van der Waals surface area contributed by atoms with Crippen LogP contribution < -0.4 is 4.74 Å². The lowest BCUT2D eigenvalue weighted by Gasteiger charge is -2.11. The van der Waals surface area contributed by atoms with Gasteiger partial charge < -0.3 is 14.6 Å². The van der Waals surface area contributed by atoms with Crippen LogP contribution in [0.4, 0.5) is 0 Å². The van der Waals surface area contributed by atoms with Crippen LogP contribution in [-0.4, -0.2) is 10.7 Å². The van der Waals surface area contributed by atoms with Gasteiger partial charge in [-0.1, -0.05) is 20.8 Å². The van der Waals surface area contributed by atoms with Crippen molar-refractivity contribution >= 4 is 5.71 Å². The third kappa shape index (κ3) is 3.72. The Morgan fingerprint density at radius 3 is 2.33 bits per heavy atom. The molecule has 112 valence electrons. The molecule has 0 fully saturated rings. The van der Waals surface area contributed by atoms with E-state index in [1.807, 2.05) is 31.2 Å². The molecule has 0 aliphatic rings. The lowest BCUT2D eigenvalue weighted by molar-refractivity contribution is 0.299. The van der Waals surface area contributed by atoms with Crippen molar-refractivity contribution in [1.82, 2.24) is 4.98 Å². The average molecular weight is 286 g/mol. The largest absolute Gasteiger partial charge is 0.487 e. The molecule has 4 heteroatoms. The number of nitrogens with zero attached hydrogens (tertiary/aromatic N) is 1. The Morgan fingerprint density at radius 1 is 1.24 bits per heavy atom. The summed E-state index contributed by atoms with van der Waals surface area (Å²) >= 11 is 0. The van der Waals surface area contributed by atoms with E-state index in [4.69, 9.17) is 14.6 Å². The van der Waals surface area contributed by atoms with Gasteiger partial charge >= 0.3 is 0 Å². The Balaban J connectivity index is 2.06. The van der Waals surface area contributed by atoms with E-state index in [0.29, 0.717) is 12.3 Å². The molecule has 21 heavy (non-hydrogen) atoms. The zero-order chi connectivity index (χ0) is 15.6. The molecule has 2 aromatic rings. The lowest BCUT2D eigenvalue weighted by Crippen LogP contribution is -2.11. The molecule has 0 unspecified atom stereocenters. The van der Waals surface area contributed by atoms with Crippen molar-refractivity contribution in [3.63, 3.8) is 0 Å². The predicted molar refractivity (Wildman–Crippen MR) is 83.2 cm³/mol. The van der Waals surface area contributed by atoms with Crippen LogP contribution in [0.15, 0.2) is 28.7 Å². The number of nitrogens with one attached hydrogen (secondary N) is 1. The first kappa shape index (κ1) is 15.3. The normalized spacial score (nSPS) is 11.5. The highest BCUT2D eigenvalue weighted by atomic mass is 16.5. The second-order valence-corrected chi connectivity index (χ2v) is 6.21. The Morgan fingerprint density at radius 2 is 1.86 bits per heavy atom. The van der Waals surface area contributed by atoms with E-state index in [9.17, 15) is 0 Å². The minimum Gasteiger partial charge on any atom is -0.487 e. The third-order valence-electron chi connectivity index (χ3n) is 3.20. The Hall–Kier alpha value is -2.10. The molecule has 2 rings (SSSR count). The van der Waals surface area contributed by atoms with Crippen LogP contribution in [0.25, 0.3) is 0 Å². The zero-order valence-corrected chi connectivity index (χ0v) is 13.3. The smallest absolute Gasteiger partial charge is 0.200 e. The van der Waals surface area contributed by atoms with Gasteiger partial charge in [-0.05, 0) is 43.7 Å². The van der Waals surface area contributed by atoms with Gasteiger partial charge in [0.15, 0.2) is 5.89 Å². The van der Waals surface area contributed by atoms with Crippen LogP contribution in [0.1, 0.15) is 50.6 Å². The van der Waals surface area contributed by atoms with Crippen LogP contribution in [0.2, 0.25) is 0 Å². The second kappa shape index (κ2) is 5.72. The Bertz CT molecular complexity index is 634. The van der Waals surface area contributed by atoms with Gasteiger partial charge in [0.25, 0.3) is 0 Å². The van der Waals surface area contributed by atoms with Gasteiger partial charge in [-0.25, -0.2) is 4.98 Å². The van der Waals surface area contributed by atoms with Crippen molar-refractivity contribution in [2.45, 2.75) is 46.6 Å². The number of ether oxygens (including phenoxy) is 1. The fourth-order valence-electron chi connectivity index (χ4n) is 1.84. The van der Waals surface area contributed by atoms with Crippen LogP contribution in [0.3, 0.4) is 0 Å². The molecule has 0 saturated carbocycles. The summed E-state index contributed by atoms with van der Waals surface area (Å²) in [6, 6.07) is 7.50. The van der Waals surface area contributed by atoms with E-state index in [2.05, 4.69) is 25.8 Å². The zero-order valence-electron chi connectivity index (χ0n) is 13.3. The van der Waals surface area contributed by atoms with E-state index in [-0.39, 0.29) is 5.41 Å². The standard InChI is InChI=1S/C17H22N2O2/c1-11(18)13-6-8-14(9-7-13)20-10-15-12(2)21-16(19-15)17(3,4)5/h6-9,18H,10H2,1-5H3. The van der Waals surface area contributed by atoms with Crippen molar-refractivity contribution in [2.75, 3.05) is 0 Å². The number of aromatic nitrogens is 1. The van der Waals surface area contributed by atoms with Gasteiger partial charge in [0.2, 0.25) is 0 Å². The number of rotatable bonds is 4. The number of aryl methyl sites for hydroxylation is 1. The highest BCUT2D eigenvalue weighted by Crippen LogP contribution is 2.24. The molecule has 0 bridgehead atoms. The van der Waals surface area contributed by atoms with Gasteiger partial charge in [-0.2, -0.15) is 0 Å². The summed E-state index contributed by atoms with van der Waals surface area (Å²) in [5.41, 5.74) is 2.16. The lowest BCUT2D eigenvalue weighted by atomic mass is 9.97. The third-order valence-corrected chi connectivity index (χ3v) is 3.20. The second-order valence-electron chi connectivity index (χ2n) is 6.21. The molecule has 0 spiro atoms. The van der Waals surface area contributed by atoms with Gasteiger partial charge in [0.1, 0.15) is 23.8 Å². The van der Waals surface area contributed by atoms with Crippen LogP contribution in [0.5, 0.6) is 5.75 Å². The number of hydrogen-bond donors (Lipinski definition) is 1. The minimum absolute atomic E-state index is 0.105. The fraction of sp³-hybridized carbons (Fsp3) is 0.412. The predicted octanol–water partition coefficient (Wildman–Crippen LogP) is 4.25. The quantitative estimate of drug-likeness (QED) is 0.855. The molecule has 0 amide bonds. The number of oxazole rings is 1. The first-order valence-electron chi connectivity index (χ1n) is 7.02.